The third kappa shape index (κ3) is 5.86. The lowest BCUT2D eigenvalue weighted by Crippen LogP contribution is -2.41. The van der Waals surface area contributed by atoms with Crippen molar-refractivity contribution in [1.29, 1.82) is 0 Å². The van der Waals surface area contributed by atoms with Crippen molar-refractivity contribution in [1.82, 2.24) is 4.90 Å². The van der Waals surface area contributed by atoms with Gasteiger partial charge >= 0.3 is 0 Å². The molecule has 0 radical (unpaired) electrons. The number of ketones is 1. The minimum atomic E-state index is -3.78. The minimum Gasteiger partial charge on any atom is -0.379 e. The average molecular weight is 417 g/mol. The van der Waals surface area contributed by atoms with E-state index in [1.165, 1.54) is 31.2 Å². The highest BCUT2D eigenvalue weighted by atomic mass is 32.2. The second-order valence-corrected chi connectivity index (χ2v) is 8.38. The van der Waals surface area contributed by atoms with Crippen molar-refractivity contribution in [3.63, 3.8) is 0 Å². The number of ether oxygens (including phenoxy) is 1. The molecule has 1 saturated heterocycles. The fourth-order valence-electron chi connectivity index (χ4n) is 2.87. The van der Waals surface area contributed by atoms with E-state index in [-0.39, 0.29) is 23.1 Å². The summed E-state index contributed by atoms with van der Waals surface area (Å²) in [4.78, 5) is 25.5. The van der Waals surface area contributed by atoms with Crippen molar-refractivity contribution in [3.05, 3.63) is 54.1 Å². The summed E-state index contributed by atoms with van der Waals surface area (Å²) in [5.74, 6) is -0.265. The van der Waals surface area contributed by atoms with E-state index in [1.807, 2.05) is 4.90 Å². The molecule has 0 aromatic heterocycles. The number of anilines is 2. The smallest absolute Gasteiger partial charge is 0.261 e. The van der Waals surface area contributed by atoms with Crippen LogP contribution in [0.2, 0.25) is 0 Å². The van der Waals surface area contributed by atoms with Crippen molar-refractivity contribution >= 4 is 33.1 Å². The van der Waals surface area contributed by atoms with E-state index >= 15 is 0 Å². The van der Waals surface area contributed by atoms with Crippen LogP contribution in [0.5, 0.6) is 0 Å². The van der Waals surface area contributed by atoms with Gasteiger partial charge in [0.25, 0.3) is 10.0 Å². The van der Waals surface area contributed by atoms with Crippen LogP contribution in [-0.2, 0) is 19.6 Å². The lowest BCUT2D eigenvalue weighted by Gasteiger charge is -2.25. The Kier molecular flexibility index (Phi) is 6.63. The molecular formula is C20H23N3O5S. The fraction of sp³-hybridized carbons (Fsp3) is 0.300. The van der Waals surface area contributed by atoms with E-state index in [0.717, 1.165) is 13.1 Å². The summed E-state index contributed by atoms with van der Waals surface area (Å²) in [6.07, 6.45) is 0. The standard InChI is InChI=1S/C20H23N3O5S/c1-15(24)16-2-8-19(9-3-16)29(26,27)22-18-6-4-17(5-7-18)21-20(25)14-23-10-12-28-13-11-23/h2-9,22H,10-14H2,1H3,(H,21,25). The SMILES string of the molecule is CC(=O)c1ccc(S(=O)(=O)Nc2ccc(NC(=O)CN3CCOCC3)cc2)cc1. The van der Waals surface area contributed by atoms with E-state index < -0.39 is 10.0 Å². The van der Waals surface area contributed by atoms with Crippen molar-refractivity contribution in [2.24, 2.45) is 0 Å². The zero-order valence-electron chi connectivity index (χ0n) is 16.1. The second-order valence-electron chi connectivity index (χ2n) is 6.70. The summed E-state index contributed by atoms with van der Waals surface area (Å²) >= 11 is 0. The van der Waals surface area contributed by atoms with Crippen LogP contribution in [-0.4, -0.2) is 57.9 Å². The number of hydrogen-bond acceptors (Lipinski definition) is 6. The number of nitrogens with zero attached hydrogens (tertiary/aromatic N) is 1. The number of morpholine rings is 1. The maximum atomic E-state index is 12.5. The predicted molar refractivity (Wildman–Crippen MR) is 110 cm³/mol. The van der Waals surface area contributed by atoms with E-state index in [0.29, 0.717) is 30.2 Å². The fourth-order valence-corrected chi connectivity index (χ4v) is 3.93. The van der Waals surface area contributed by atoms with E-state index in [1.54, 1.807) is 24.3 Å². The maximum absolute atomic E-state index is 12.5. The molecule has 1 fully saturated rings. The van der Waals surface area contributed by atoms with Crippen molar-refractivity contribution in [3.8, 4) is 0 Å². The maximum Gasteiger partial charge on any atom is 0.261 e. The molecule has 0 aliphatic carbocycles. The van der Waals surface area contributed by atoms with E-state index in [9.17, 15) is 18.0 Å². The molecule has 8 nitrogen and oxygen atoms in total. The molecule has 0 bridgehead atoms. The third-order valence-corrected chi connectivity index (χ3v) is 5.86. The highest BCUT2D eigenvalue weighted by Gasteiger charge is 2.16. The summed E-state index contributed by atoms with van der Waals surface area (Å²) < 4.78 is 32.7. The van der Waals surface area contributed by atoms with Gasteiger partial charge < -0.3 is 10.1 Å². The Morgan fingerprint density at radius 1 is 0.966 bits per heavy atom. The first-order valence-electron chi connectivity index (χ1n) is 9.17. The van der Waals surface area contributed by atoms with E-state index in [2.05, 4.69) is 10.0 Å². The molecule has 1 amide bonds. The molecule has 1 aliphatic rings. The van der Waals surface area contributed by atoms with Crippen molar-refractivity contribution in [2.75, 3.05) is 42.9 Å². The van der Waals surface area contributed by atoms with Crippen LogP contribution < -0.4 is 10.0 Å². The largest absolute Gasteiger partial charge is 0.379 e. The van der Waals surface area contributed by atoms with Crippen molar-refractivity contribution < 1.29 is 22.7 Å². The molecule has 29 heavy (non-hydrogen) atoms. The van der Waals surface area contributed by atoms with Gasteiger partial charge in [0.2, 0.25) is 5.91 Å². The van der Waals surface area contributed by atoms with Gasteiger partial charge in [-0.1, -0.05) is 12.1 Å². The normalized spacial score (nSPS) is 14.9. The molecule has 1 heterocycles. The van der Waals surface area contributed by atoms with Crippen LogP contribution in [0.1, 0.15) is 17.3 Å². The Morgan fingerprint density at radius 2 is 1.55 bits per heavy atom. The summed E-state index contributed by atoms with van der Waals surface area (Å²) in [6, 6.07) is 12.1. The molecule has 0 spiro atoms. The first-order chi connectivity index (χ1) is 13.8. The number of rotatable bonds is 7. The minimum absolute atomic E-state index is 0.0605. The van der Waals surface area contributed by atoms with Crippen LogP contribution >= 0.6 is 0 Å². The molecule has 2 N–H and O–H groups in total. The zero-order chi connectivity index (χ0) is 20.9. The second kappa shape index (κ2) is 9.17. The summed E-state index contributed by atoms with van der Waals surface area (Å²) in [7, 11) is -3.78. The Bertz CT molecular complexity index is 966. The average Bonchev–Trinajstić information content (AvgIpc) is 2.70. The van der Waals surface area contributed by atoms with Gasteiger partial charge in [-0.15, -0.1) is 0 Å². The molecule has 2 aromatic rings. The molecule has 0 saturated carbocycles. The summed E-state index contributed by atoms with van der Waals surface area (Å²) in [6.45, 7) is 4.40. The first kappa shape index (κ1) is 21.0. The van der Waals surface area contributed by atoms with Gasteiger partial charge in [0, 0.05) is 30.0 Å². The molecule has 1 aliphatic heterocycles. The Hall–Kier alpha value is -2.75. The Morgan fingerprint density at radius 3 is 2.14 bits per heavy atom. The molecule has 9 heteroatoms. The Balaban J connectivity index is 1.59. The van der Waals surface area contributed by atoms with Crippen LogP contribution in [0.25, 0.3) is 0 Å². The number of benzene rings is 2. The van der Waals surface area contributed by atoms with Gasteiger partial charge in [0.05, 0.1) is 24.7 Å². The third-order valence-electron chi connectivity index (χ3n) is 4.46. The van der Waals surface area contributed by atoms with Gasteiger partial charge in [0.1, 0.15) is 0 Å². The number of sulfonamides is 1. The first-order valence-corrected chi connectivity index (χ1v) is 10.7. The predicted octanol–water partition coefficient (Wildman–Crippen LogP) is 1.96. The van der Waals surface area contributed by atoms with Gasteiger partial charge in [-0.25, -0.2) is 8.42 Å². The van der Waals surface area contributed by atoms with Crippen molar-refractivity contribution in [2.45, 2.75) is 11.8 Å². The number of carbonyl (C=O) groups excluding carboxylic acids is 2. The number of amides is 1. The highest BCUT2D eigenvalue weighted by Crippen LogP contribution is 2.19. The molecule has 0 atom stereocenters. The topological polar surface area (TPSA) is 105 Å². The number of Topliss-reactive ketones (excluding diaryl/α,β-unsaturated/α-hetero) is 1. The summed E-state index contributed by atoms with van der Waals surface area (Å²) in [5.41, 5.74) is 1.39. The molecule has 0 unspecified atom stereocenters. The summed E-state index contributed by atoms with van der Waals surface area (Å²) in [5, 5.41) is 2.80. The number of carbonyl (C=O) groups is 2. The Labute approximate surface area is 169 Å². The molecule has 3 rings (SSSR count). The molecule has 2 aromatic carbocycles. The van der Waals surface area contributed by atoms with Crippen LogP contribution in [0.4, 0.5) is 11.4 Å². The van der Waals surface area contributed by atoms with Crippen LogP contribution in [0, 0.1) is 0 Å². The monoisotopic (exact) mass is 417 g/mol. The lowest BCUT2D eigenvalue weighted by molar-refractivity contribution is -0.118. The van der Waals surface area contributed by atoms with Crippen LogP contribution in [0.3, 0.4) is 0 Å². The number of nitrogens with one attached hydrogen (secondary N) is 2. The van der Waals surface area contributed by atoms with Gasteiger partial charge in [-0.05, 0) is 43.3 Å². The van der Waals surface area contributed by atoms with Gasteiger partial charge in [0.15, 0.2) is 5.78 Å². The van der Waals surface area contributed by atoms with Gasteiger partial charge in [-0.2, -0.15) is 0 Å². The van der Waals surface area contributed by atoms with E-state index in [4.69, 9.17) is 4.74 Å². The van der Waals surface area contributed by atoms with Gasteiger partial charge in [-0.3, -0.25) is 19.2 Å². The molecular weight excluding hydrogens is 394 g/mol. The highest BCUT2D eigenvalue weighted by molar-refractivity contribution is 7.92. The van der Waals surface area contributed by atoms with Crippen LogP contribution in [0.15, 0.2) is 53.4 Å². The molecule has 154 valence electrons. The zero-order valence-corrected chi connectivity index (χ0v) is 16.9. The lowest BCUT2D eigenvalue weighted by atomic mass is 10.2. The number of hydrogen-bond donors (Lipinski definition) is 2. The quantitative estimate of drug-likeness (QED) is 0.668.